The van der Waals surface area contributed by atoms with Crippen molar-refractivity contribution in [1.82, 2.24) is 0 Å². The van der Waals surface area contributed by atoms with Gasteiger partial charge in [-0.25, -0.2) is 4.79 Å². The Balaban J connectivity index is 3.82. The Labute approximate surface area is 43.5 Å². The zero-order valence-electron chi connectivity index (χ0n) is 3.61. The predicted molar refractivity (Wildman–Crippen MR) is 18.1 cm³/mol. The van der Waals surface area contributed by atoms with Gasteiger partial charge in [-0.2, -0.15) is 5.26 Å². The van der Waals surface area contributed by atoms with Crippen LogP contribution in [0.25, 0.3) is 0 Å². The lowest BCUT2D eigenvalue weighted by Crippen LogP contribution is -2.38. The standard InChI is InChI=1S/C2H4O6/c3-1(8-7)2(4,5)6/h4-7H. The van der Waals surface area contributed by atoms with Crippen molar-refractivity contribution in [3.05, 3.63) is 0 Å². The molecule has 0 heterocycles. The Morgan fingerprint density at radius 3 is 1.75 bits per heavy atom. The van der Waals surface area contributed by atoms with Gasteiger partial charge in [0.1, 0.15) is 0 Å². The molecule has 0 aliphatic rings. The van der Waals surface area contributed by atoms with Crippen LogP contribution >= 0.6 is 0 Å². The lowest BCUT2D eigenvalue weighted by Gasteiger charge is -2.06. The second-order valence-corrected chi connectivity index (χ2v) is 1.01. The zero-order chi connectivity index (χ0) is 6.78. The van der Waals surface area contributed by atoms with E-state index in [1.807, 2.05) is 0 Å². The van der Waals surface area contributed by atoms with Gasteiger partial charge in [0.25, 0.3) is 0 Å². The number of hydrogen-bond donors (Lipinski definition) is 4. The van der Waals surface area contributed by atoms with Crippen molar-refractivity contribution in [3.8, 4) is 0 Å². The molecule has 0 radical (unpaired) electrons. The fourth-order valence-electron chi connectivity index (χ4n) is 0.0612. The first-order valence-electron chi connectivity index (χ1n) is 1.51. The van der Waals surface area contributed by atoms with E-state index in [2.05, 4.69) is 4.89 Å². The molecule has 0 saturated carbocycles. The maximum absolute atomic E-state index is 9.61. The lowest BCUT2D eigenvalue weighted by molar-refractivity contribution is -0.336. The maximum atomic E-state index is 9.61. The van der Waals surface area contributed by atoms with Gasteiger partial charge < -0.3 is 15.3 Å². The smallest absolute Gasteiger partial charge is 0.334 e. The van der Waals surface area contributed by atoms with E-state index < -0.39 is 11.9 Å². The summed E-state index contributed by atoms with van der Waals surface area (Å²) in [5.41, 5.74) is 0. The zero-order valence-corrected chi connectivity index (χ0v) is 3.61. The van der Waals surface area contributed by atoms with Crippen molar-refractivity contribution >= 4 is 5.97 Å². The molecule has 0 spiro atoms. The van der Waals surface area contributed by atoms with Crippen LogP contribution in [-0.2, 0) is 9.68 Å². The van der Waals surface area contributed by atoms with Gasteiger partial charge in [-0.05, 0) is 0 Å². The number of aliphatic hydroxyl groups is 3. The molecule has 48 valence electrons. The Morgan fingerprint density at radius 2 is 1.75 bits per heavy atom. The summed E-state index contributed by atoms with van der Waals surface area (Å²) in [5.74, 6) is -5.55. The van der Waals surface area contributed by atoms with Gasteiger partial charge in [0.05, 0.1) is 0 Å². The van der Waals surface area contributed by atoms with Crippen molar-refractivity contribution in [2.75, 3.05) is 0 Å². The minimum atomic E-state index is -3.60. The molecule has 6 nitrogen and oxygen atoms in total. The molecule has 0 fully saturated rings. The van der Waals surface area contributed by atoms with Gasteiger partial charge in [-0.15, -0.1) is 0 Å². The Hall–Kier alpha value is -0.690. The summed E-state index contributed by atoms with van der Waals surface area (Å²) >= 11 is 0. The normalized spacial score (nSPS) is 11.0. The van der Waals surface area contributed by atoms with Crippen LogP contribution in [0.4, 0.5) is 0 Å². The summed E-state index contributed by atoms with van der Waals surface area (Å²) in [4.78, 5) is 12.3. The highest BCUT2D eigenvalue weighted by Crippen LogP contribution is 1.92. The van der Waals surface area contributed by atoms with Crippen LogP contribution in [-0.4, -0.2) is 32.5 Å². The van der Waals surface area contributed by atoms with Crippen LogP contribution in [0.2, 0.25) is 0 Å². The van der Waals surface area contributed by atoms with E-state index in [0.29, 0.717) is 0 Å². The van der Waals surface area contributed by atoms with Crippen LogP contribution < -0.4 is 0 Å². The Kier molecular flexibility index (Phi) is 1.88. The van der Waals surface area contributed by atoms with Crippen LogP contribution in [0.5, 0.6) is 0 Å². The van der Waals surface area contributed by atoms with Crippen molar-refractivity contribution in [2.24, 2.45) is 0 Å². The molecule has 4 N–H and O–H groups in total. The number of carbonyl (C=O) groups is 1. The number of rotatable bonds is 1. The van der Waals surface area contributed by atoms with Crippen LogP contribution in [0.3, 0.4) is 0 Å². The van der Waals surface area contributed by atoms with Crippen LogP contribution in [0.15, 0.2) is 0 Å². The molecule has 0 atom stereocenters. The maximum Gasteiger partial charge on any atom is 0.430 e. The summed E-state index contributed by atoms with van der Waals surface area (Å²) in [5, 5.41) is 30.6. The molecule has 0 unspecified atom stereocenters. The molecule has 0 amide bonds. The molecule has 0 rings (SSSR count). The van der Waals surface area contributed by atoms with Gasteiger partial charge >= 0.3 is 11.9 Å². The SMILES string of the molecule is O=C(OO)C(O)(O)O. The van der Waals surface area contributed by atoms with Crippen molar-refractivity contribution in [1.29, 1.82) is 0 Å². The van der Waals surface area contributed by atoms with E-state index in [1.54, 1.807) is 0 Å². The topological polar surface area (TPSA) is 107 Å². The lowest BCUT2D eigenvalue weighted by atomic mass is 10.6. The van der Waals surface area contributed by atoms with Crippen molar-refractivity contribution in [3.63, 3.8) is 0 Å². The third-order valence-corrected chi connectivity index (χ3v) is 0.357. The Morgan fingerprint density at radius 1 is 1.38 bits per heavy atom. The first-order valence-corrected chi connectivity index (χ1v) is 1.51. The van der Waals surface area contributed by atoms with E-state index >= 15 is 0 Å². The van der Waals surface area contributed by atoms with Crippen molar-refractivity contribution in [2.45, 2.75) is 5.97 Å². The molecule has 6 heteroatoms. The molecular weight excluding hydrogens is 120 g/mol. The summed E-state index contributed by atoms with van der Waals surface area (Å²) in [6.07, 6.45) is 0. The second-order valence-electron chi connectivity index (χ2n) is 1.01. The van der Waals surface area contributed by atoms with E-state index in [4.69, 9.17) is 20.6 Å². The average molecular weight is 124 g/mol. The second kappa shape index (κ2) is 2.05. The first-order chi connectivity index (χ1) is 3.48. The molecule has 0 aromatic heterocycles. The third kappa shape index (κ3) is 1.85. The molecule has 0 bridgehead atoms. The van der Waals surface area contributed by atoms with E-state index in [9.17, 15) is 4.79 Å². The van der Waals surface area contributed by atoms with Crippen LogP contribution in [0, 0.1) is 0 Å². The molecular formula is C2H4O6. The fourth-order valence-corrected chi connectivity index (χ4v) is 0.0612. The summed E-state index contributed by atoms with van der Waals surface area (Å²) in [6.45, 7) is 0. The monoisotopic (exact) mass is 124 g/mol. The number of hydrogen-bond acceptors (Lipinski definition) is 6. The molecule has 0 aliphatic carbocycles. The first kappa shape index (κ1) is 7.31. The van der Waals surface area contributed by atoms with E-state index in [-0.39, 0.29) is 0 Å². The van der Waals surface area contributed by atoms with Gasteiger partial charge in [0, 0.05) is 0 Å². The molecule has 0 aromatic rings. The van der Waals surface area contributed by atoms with Crippen LogP contribution in [0.1, 0.15) is 0 Å². The number of carbonyl (C=O) groups excluding carboxylic acids is 1. The summed E-state index contributed by atoms with van der Waals surface area (Å²) < 4.78 is 0. The van der Waals surface area contributed by atoms with Crippen molar-refractivity contribution < 1.29 is 30.3 Å². The average Bonchev–Trinajstić information content (AvgIpc) is 1.62. The van der Waals surface area contributed by atoms with E-state index in [0.717, 1.165) is 0 Å². The van der Waals surface area contributed by atoms with Gasteiger partial charge in [-0.1, -0.05) is 0 Å². The summed E-state index contributed by atoms with van der Waals surface area (Å²) in [6, 6.07) is 0. The quantitative estimate of drug-likeness (QED) is 0.177. The third-order valence-electron chi connectivity index (χ3n) is 0.357. The molecule has 0 aliphatic heterocycles. The highest BCUT2D eigenvalue weighted by atomic mass is 17.1. The predicted octanol–water partition coefficient (Wildman–Crippen LogP) is -2.37. The fraction of sp³-hybridized carbons (Fsp3) is 0.500. The molecule has 0 saturated heterocycles. The largest absolute Gasteiger partial charge is 0.430 e. The minimum Gasteiger partial charge on any atom is -0.334 e. The Bertz CT molecular complexity index is 89.2. The van der Waals surface area contributed by atoms with Gasteiger partial charge in [0.2, 0.25) is 0 Å². The van der Waals surface area contributed by atoms with E-state index in [1.165, 1.54) is 0 Å². The molecule has 8 heavy (non-hydrogen) atoms. The minimum absolute atomic E-state index is 1.95. The van der Waals surface area contributed by atoms with Gasteiger partial charge in [0.15, 0.2) is 0 Å². The van der Waals surface area contributed by atoms with Gasteiger partial charge in [-0.3, -0.25) is 4.89 Å². The molecule has 0 aromatic carbocycles. The highest BCUT2D eigenvalue weighted by molar-refractivity contribution is 5.74. The highest BCUT2D eigenvalue weighted by Gasteiger charge is 2.32. The summed E-state index contributed by atoms with van der Waals surface area (Å²) in [7, 11) is 0.